The van der Waals surface area contributed by atoms with E-state index in [1.54, 1.807) is 34.4 Å². The van der Waals surface area contributed by atoms with Crippen LogP contribution < -0.4 is 5.63 Å². The molecule has 1 aromatic carbocycles. The molecule has 1 aliphatic carbocycles. The Morgan fingerprint density at radius 2 is 2.17 bits per heavy atom. The summed E-state index contributed by atoms with van der Waals surface area (Å²) in [5.74, 6) is -0.275. The van der Waals surface area contributed by atoms with Gasteiger partial charge in [-0.05, 0) is 31.9 Å². The zero-order valence-corrected chi connectivity index (χ0v) is 14.0. The maximum absolute atomic E-state index is 12.9. The summed E-state index contributed by atoms with van der Waals surface area (Å²) in [7, 11) is 0. The largest absolute Gasteiger partial charge is 0.422 e. The fourth-order valence-electron chi connectivity index (χ4n) is 2.77. The molecule has 0 saturated heterocycles. The van der Waals surface area contributed by atoms with Crippen molar-refractivity contribution in [2.24, 2.45) is 0 Å². The lowest BCUT2D eigenvalue weighted by Crippen LogP contribution is -2.35. The molecular weight excluding hydrogens is 324 g/mol. The summed E-state index contributed by atoms with van der Waals surface area (Å²) in [6, 6.07) is 9.03. The first-order valence-corrected chi connectivity index (χ1v) is 8.74. The van der Waals surface area contributed by atoms with Gasteiger partial charge in [0.05, 0.1) is 17.2 Å². The molecule has 0 bridgehead atoms. The minimum atomic E-state index is -0.584. The van der Waals surface area contributed by atoms with Crippen LogP contribution in [0, 0.1) is 6.92 Å². The molecule has 24 heavy (non-hydrogen) atoms. The number of thiazole rings is 1. The van der Waals surface area contributed by atoms with Gasteiger partial charge in [-0.25, -0.2) is 9.78 Å². The van der Waals surface area contributed by atoms with Crippen molar-refractivity contribution >= 4 is 28.2 Å². The maximum atomic E-state index is 12.9. The fourth-order valence-corrected chi connectivity index (χ4v) is 3.38. The van der Waals surface area contributed by atoms with Crippen molar-refractivity contribution in [2.45, 2.75) is 32.4 Å². The number of benzene rings is 1. The monoisotopic (exact) mass is 340 g/mol. The first kappa shape index (κ1) is 15.1. The maximum Gasteiger partial charge on any atom is 0.349 e. The summed E-state index contributed by atoms with van der Waals surface area (Å²) in [6.07, 6.45) is 1.93. The van der Waals surface area contributed by atoms with Crippen LogP contribution in [0.25, 0.3) is 11.0 Å². The summed E-state index contributed by atoms with van der Waals surface area (Å²) in [5, 5.41) is 3.68. The van der Waals surface area contributed by atoms with E-state index in [1.807, 2.05) is 24.4 Å². The lowest BCUT2D eigenvalue weighted by molar-refractivity contribution is 0.0724. The molecular formula is C18H16N2O3S. The highest BCUT2D eigenvalue weighted by atomic mass is 32.1. The van der Waals surface area contributed by atoms with Crippen LogP contribution in [-0.2, 0) is 6.54 Å². The Hall–Kier alpha value is -2.47. The number of aromatic nitrogens is 1. The van der Waals surface area contributed by atoms with E-state index in [-0.39, 0.29) is 17.5 Å². The van der Waals surface area contributed by atoms with Crippen molar-refractivity contribution in [3.8, 4) is 0 Å². The van der Waals surface area contributed by atoms with Crippen molar-refractivity contribution in [1.29, 1.82) is 0 Å². The number of rotatable bonds is 4. The van der Waals surface area contributed by atoms with Crippen LogP contribution in [-0.4, -0.2) is 21.8 Å². The van der Waals surface area contributed by atoms with Crippen molar-refractivity contribution in [3.05, 3.63) is 62.4 Å². The van der Waals surface area contributed by atoms with E-state index in [4.69, 9.17) is 4.42 Å². The summed E-state index contributed by atoms with van der Waals surface area (Å²) >= 11 is 1.56. The highest BCUT2D eigenvalue weighted by Crippen LogP contribution is 2.30. The molecule has 3 aromatic rings. The van der Waals surface area contributed by atoms with Gasteiger partial charge in [0.2, 0.25) is 0 Å². The number of aryl methyl sites for hydroxylation is 1. The van der Waals surface area contributed by atoms with Gasteiger partial charge in [0.25, 0.3) is 5.91 Å². The van der Waals surface area contributed by atoms with Crippen LogP contribution in [0.3, 0.4) is 0 Å². The Morgan fingerprint density at radius 1 is 1.38 bits per heavy atom. The number of hydrogen-bond donors (Lipinski definition) is 0. The molecule has 0 spiro atoms. The number of hydrogen-bond acceptors (Lipinski definition) is 5. The van der Waals surface area contributed by atoms with Crippen LogP contribution in [0.4, 0.5) is 0 Å². The zero-order valence-electron chi connectivity index (χ0n) is 13.2. The van der Waals surface area contributed by atoms with Crippen LogP contribution >= 0.6 is 11.3 Å². The second-order valence-corrected chi connectivity index (χ2v) is 7.07. The molecule has 1 fully saturated rings. The average Bonchev–Trinajstić information content (AvgIpc) is 3.33. The van der Waals surface area contributed by atoms with Crippen LogP contribution in [0.15, 0.2) is 44.9 Å². The van der Waals surface area contributed by atoms with Crippen molar-refractivity contribution in [1.82, 2.24) is 9.88 Å². The molecule has 2 aromatic heterocycles. The summed E-state index contributed by atoms with van der Waals surface area (Å²) in [4.78, 5) is 31.4. The Morgan fingerprint density at radius 3 is 2.88 bits per heavy atom. The van der Waals surface area contributed by atoms with E-state index in [2.05, 4.69) is 4.98 Å². The first-order chi connectivity index (χ1) is 11.6. The zero-order chi connectivity index (χ0) is 16.7. The van der Waals surface area contributed by atoms with E-state index < -0.39 is 5.63 Å². The number of amides is 1. The fraction of sp³-hybridized carbons (Fsp3) is 0.278. The van der Waals surface area contributed by atoms with E-state index in [0.29, 0.717) is 12.1 Å². The Labute approximate surface area is 142 Å². The summed E-state index contributed by atoms with van der Waals surface area (Å²) in [6.45, 7) is 2.37. The quantitative estimate of drug-likeness (QED) is 0.683. The van der Waals surface area contributed by atoms with Crippen molar-refractivity contribution in [2.75, 3.05) is 0 Å². The molecule has 5 nitrogen and oxygen atoms in total. The van der Waals surface area contributed by atoms with E-state index in [9.17, 15) is 9.59 Å². The first-order valence-electron chi connectivity index (χ1n) is 7.86. The predicted molar refractivity (Wildman–Crippen MR) is 92.2 cm³/mol. The number of fused-ring (bicyclic) bond motifs is 1. The van der Waals surface area contributed by atoms with Crippen LogP contribution in [0.1, 0.15) is 33.9 Å². The molecule has 122 valence electrons. The summed E-state index contributed by atoms with van der Waals surface area (Å²) in [5.41, 5.74) is 0.862. The van der Waals surface area contributed by atoms with E-state index in [0.717, 1.165) is 28.9 Å². The third kappa shape index (κ3) is 2.85. The lowest BCUT2D eigenvalue weighted by atomic mass is 10.1. The van der Waals surface area contributed by atoms with Crippen molar-refractivity contribution < 1.29 is 9.21 Å². The standard InChI is InChI=1S/C18H16N2O3S/c1-11-19-13(10-24-11)9-20(14-6-7-14)17(21)15-8-12-4-2-3-5-16(12)23-18(15)22/h2-5,8,10,14H,6-7,9H2,1H3. The van der Waals surface area contributed by atoms with Gasteiger partial charge in [0.1, 0.15) is 11.1 Å². The Balaban J connectivity index is 1.70. The Bertz CT molecular complexity index is 972. The van der Waals surface area contributed by atoms with Gasteiger partial charge in [0, 0.05) is 16.8 Å². The second kappa shape index (κ2) is 5.87. The highest BCUT2D eigenvalue weighted by molar-refractivity contribution is 7.09. The third-order valence-electron chi connectivity index (χ3n) is 4.12. The Kier molecular flexibility index (Phi) is 3.69. The van der Waals surface area contributed by atoms with Gasteiger partial charge in [-0.1, -0.05) is 18.2 Å². The van der Waals surface area contributed by atoms with Crippen molar-refractivity contribution in [3.63, 3.8) is 0 Å². The molecule has 2 heterocycles. The molecule has 4 rings (SSSR count). The average molecular weight is 340 g/mol. The molecule has 0 aliphatic heterocycles. The van der Waals surface area contributed by atoms with Gasteiger partial charge in [-0.15, -0.1) is 11.3 Å². The number of carbonyl (C=O) groups excluding carboxylic acids is 1. The molecule has 0 radical (unpaired) electrons. The normalized spacial score (nSPS) is 14.0. The van der Waals surface area contributed by atoms with Gasteiger partial charge in [0.15, 0.2) is 0 Å². The highest BCUT2D eigenvalue weighted by Gasteiger charge is 2.34. The molecule has 6 heteroatoms. The van der Waals surface area contributed by atoms with E-state index in [1.165, 1.54) is 0 Å². The van der Waals surface area contributed by atoms with Gasteiger partial charge >= 0.3 is 5.63 Å². The van der Waals surface area contributed by atoms with Gasteiger partial charge in [-0.3, -0.25) is 4.79 Å². The smallest absolute Gasteiger partial charge is 0.349 e. The van der Waals surface area contributed by atoms with Crippen LogP contribution in [0.5, 0.6) is 0 Å². The summed E-state index contributed by atoms with van der Waals surface area (Å²) < 4.78 is 5.30. The SMILES string of the molecule is Cc1nc(CN(C(=O)c2cc3ccccc3oc2=O)C2CC2)cs1. The molecule has 0 unspecified atom stereocenters. The predicted octanol–water partition coefficient (Wildman–Crippen LogP) is 3.36. The van der Waals surface area contributed by atoms with Crippen LogP contribution in [0.2, 0.25) is 0 Å². The second-order valence-electron chi connectivity index (χ2n) is 6.01. The number of carbonyl (C=O) groups is 1. The molecule has 1 amide bonds. The number of para-hydroxylation sites is 1. The molecule has 1 saturated carbocycles. The minimum Gasteiger partial charge on any atom is -0.422 e. The molecule has 0 atom stereocenters. The van der Waals surface area contributed by atoms with Gasteiger partial charge in [-0.2, -0.15) is 0 Å². The van der Waals surface area contributed by atoms with E-state index >= 15 is 0 Å². The number of nitrogens with zero attached hydrogens (tertiary/aromatic N) is 2. The molecule has 0 N–H and O–H groups in total. The third-order valence-corrected chi connectivity index (χ3v) is 4.94. The van der Waals surface area contributed by atoms with Gasteiger partial charge < -0.3 is 9.32 Å². The molecule has 1 aliphatic rings. The lowest BCUT2D eigenvalue weighted by Gasteiger charge is -2.21. The minimum absolute atomic E-state index is 0.0903. The topological polar surface area (TPSA) is 63.4 Å².